The number of aromatic nitrogens is 1. The van der Waals surface area contributed by atoms with Crippen LogP contribution in [0.2, 0.25) is 0 Å². The van der Waals surface area contributed by atoms with Crippen molar-refractivity contribution in [3.63, 3.8) is 0 Å². The molecule has 2 aromatic rings. The van der Waals surface area contributed by atoms with Gasteiger partial charge < -0.3 is 5.32 Å². The molecule has 1 atom stereocenters. The van der Waals surface area contributed by atoms with Crippen molar-refractivity contribution in [2.75, 3.05) is 19.6 Å². The highest BCUT2D eigenvalue weighted by Crippen LogP contribution is 2.33. The Balaban J connectivity index is 0.00000208. The van der Waals surface area contributed by atoms with Gasteiger partial charge in [0.25, 0.3) is 0 Å². The van der Waals surface area contributed by atoms with E-state index in [1.165, 1.54) is 6.07 Å². The normalized spacial score (nSPS) is 18.9. The molecule has 1 aliphatic rings. The highest BCUT2D eigenvalue weighted by atomic mass is 35.5. The van der Waals surface area contributed by atoms with E-state index in [4.69, 9.17) is 0 Å². The van der Waals surface area contributed by atoms with Gasteiger partial charge in [-0.3, -0.25) is 9.88 Å². The Labute approximate surface area is 145 Å². The maximum atomic E-state index is 13.2. The maximum Gasteiger partial charge on any atom is 0.416 e. The molecular formula is C17H19ClF3N3. The molecule has 1 saturated heterocycles. The fraction of sp³-hybridized carbons (Fsp3) is 0.353. The first-order valence-corrected chi connectivity index (χ1v) is 7.55. The van der Waals surface area contributed by atoms with E-state index in [0.29, 0.717) is 18.7 Å². The Morgan fingerprint density at radius 3 is 2.67 bits per heavy atom. The molecule has 3 rings (SSSR count). The van der Waals surface area contributed by atoms with Gasteiger partial charge in [-0.1, -0.05) is 24.3 Å². The molecule has 1 aromatic carbocycles. The Kier molecular flexibility index (Phi) is 6.21. The van der Waals surface area contributed by atoms with Crippen LogP contribution >= 0.6 is 12.4 Å². The molecule has 1 N–H and O–H groups in total. The molecule has 24 heavy (non-hydrogen) atoms. The molecule has 0 radical (unpaired) electrons. The average molecular weight is 358 g/mol. The predicted octanol–water partition coefficient (Wildman–Crippen LogP) is 3.67. The van der Waals surface area contributed by atoms with E-state index in [1.54, 1.807) is 24.5 Å². The molecule has 0 aliphatic carbocycles. The van der Waals surface area contributed by atoms with E-state index in [-0.39, 0.29) is 25.0 Å². The Bertz CT molecular complexity index is 649. The minimum Gasteiger partial charge on any atom is -0.314 e. The molecule has 7 heteroatoms. The van der Waals surface area contributed by atoms with Crippen molar-refractivity contribution in [1.29, 1.82) is 0 Å². The number of alkyl halides is 3. The summed E-state index contributed by atoms with van der Waals surface area (Å²) in [6.07, 6.45) is -0.849. The van der Waals surface area contributed by atoms with Crippen molar-refractivity contribution in [2.24, 2.45) is 0 Å². The average Bonchev–Trinajstić information content (AvgIpc) is 2.56. The van der Waals surface area contributed by atoms with Crippen molar-refractivity contribution >= 4 is 12.4 Å². The molecule has 0 bridgehead atoms. The summed E-state index contributed by atoms with van der Waals surface area (Å²) in [6.45, 7) is 2.45. The van der Waals surface area contributed by atoms with Gasteiger partial charge in [0.1, 0.15) is 0 Å². The van der Waals surface area contributed by atoms with Crippen molar-refractivity contribution in [1.82, 2.24) is 15.2 Å². The number of rotatable bonds is 3. The number of nitrogens with one attached hydrogen (secondary N) is 1. The van der Waals surface area contributed by atoms with Crippen molar-refractivity contribution in [2.45, 2.75) is 18.8 Å². The van der Waals surface area contributed by atoms with Gasteiger partial charge in [-0.05, 0) is 23.3 Å². The van der Waals surface area contributed by atoms with Crippen LogP contribution in [-0.4, -0.2) is 29.5 Å². The Hall–Kier alpha value is -1.63. The number of hydrogen-bond donors (Lipinski definition) is 1. The van der Waals surface area contributed by atoms with E-state index in [0.717, 1.165) is 18.2 Å². The highest BCUT2D eigenvalue weighted by Gasteiger charge is 2.34. The van der Waals surface area contributed by atoms with E-state index < -0.39 is 11.7 Å². The zero-order chi connectivity index (χ0) is 16.3. The number of piperazine rings is 1. The molecule has 3 nitrogen and oxygen atoms in total. The van der Waals surface area contributed by atoms with Crippen LogP contribution in [0.4, 0.5) is 13.2 Å². The summed E-state index contributed by atoms with van der Waals surface area (Å²) < 4.78 is 39.5. The number of pyridine rings is 1. The van der Waals surface area contributed by atoms with Crippen LogP contribution in [0.5, 0.6) is 0 Å². The van der Waals surface area contributed by atoms with Gasteiger partial charge in [-0.2, -0.15) is 13.2 Å². The van der Waals surface area contributed by atoms with E-state index in [9.17, 15) is 13.2 Å². The summed E-state index contributed by atoms with van der Waals surface area (Å²) in [4.78, 5) is 6.21. The van der Waals surface area contributed by atoms with Crippen LogP contribution in [0.1, 0.15) is 22.7 Å². The molecule has 1 unspecified atom stereocenters. The van der Waals surface area contributed by atoms with Crippen molar-refractivity contribution < 1.29 is 13.2 Å². The van der Waals surface area contributed by atoms with Gasteiger partial charge in [0, 0.05) is 44.6 Å². The molecule has 130 valence electrons. The molecular weight excluding hydrogens is 339 g/mol. The summed E-state index contributed by atoms with van der Waals surface area (Å²) in [7, 11) is 0. The van der Waals surface area contributed by atoms with Crippen LogP contribution in [0.25, 0.3) is 0 Å². The summed E-state index contributed by atoms with van der Waals surface area (Å²) in [5.74, 6) is 0. The largest absolute Gasteiger partial charge is 0.416 e. The first-order valence-electron chi connectivity index (χ1n) is 7.55. The Morgan fingerprint density at radius 2 is 1.96 bits per heavy atom. The van der Waals surface area contributed by atoms with Gasteiger partial charge in [0.15, 0.2) is 0 Å². The monoisotopic (exact) mass is 357 g/mol. The third kappa shape index (κ3) is 4.26. The smallest absolute Gasteiger partial charge is 0.314 e. The molecule has 2 heterocycles. The fourth-order valence-electron chi connectivity index (χ4n) is 2.99. The summed E-state index contributed by atoms with van der Waals surface area (Å²) in [5, 5.41) is 3.30. The van der Waals surface area contributed by atoms with Gasteiger partial charge in [-0.15, -0.1) is 12.4 Å². The second-order valence-corrected chi connectivity index (χ2v) is 5.63. The predicted molar refractivity (Wildman–Crippen MR) is 88.9 cm³/mol. The topological polar surface area (TPSA) is 28.2 Å². The number of nitrogens with zero attached hydrogens (tertiary/aromatic N) is 2. The molecule has 0 amide bonds. The molecule has 0 saturated carbocycles. The lowest BCUT2D eigenvalue weighted by Crippen LogP contribution is -2.45. The second-order valence-electron chi connectivity index (χ2n) is 5.63. The lowest BCUT2D eigenvalue weighted by Gasteiger charge is -2.36. The van der Waals surface area contributed by atoms with Crippen LogP contribution in [-0.2, 0) is 12.7 Å². The summed E-state index contributed by atoms with van der Waals surface area (Å²) in [5.41, 5.74) is 0.781. The minimum atomic E-state index is -4.32. The van der Waals surface area contributed by atoms with Crippen LogP contribution < -0.4 is 5.32 Å². The van der Waals surface area contributed by atoms with Crippen molar-refractivity contribution in [3.05, 3.63) is 65.5 Å². The van der Waals surface area contributed by atoms with Crippen LogP contribution in [0, 0.1) is 0 Å². The van der Waals surface area contributed by atoms with E-state index in [1.807, 2.05) is 12.1 Å². The van der Waals surface area contributed by atoms with Crippen molar-refractivity contribution in [3.8, 4) is 0 Å². The number of halogens is 4. The van der Waals surface area contributed by atoms with Gasteiger partial charge in [0.2, 0.25) is 0 Å². The maximum absolute atomic E-state index is 13.2. The zero-order valence-electron chi connectivity index (χ0n) is 13.0. The minimum absolute atomic E-state index is 0. The number of hydrogen-bond acceptors (Lipinski definition) is 3. The van der Waals surface area contributed by atoms with Crippen LogP contribution in [0.3, 0.4) is 0 Å². The summed E-state index contributed by atoms with van der Waals surface area (Å²) >= 11 is 0. The quantitative estimate of drug-likeness (QED) is 0.908. The number of benzene rings is 1. The third-order valence-electron chi connectivity index (χ3n) is 4.12. The van der Waals surface area contributed by atoms with Gasteiger partial charge in [0.05, 0.1) is 5.56 Å². The fourth-order valence-corrected chi connectivity index (χ4v) is 2.99. The molecule has 1 fully saturated rings. The molecule has 0 spiro atoms. The second kappa shape index (κ2) is 7.96. The van der Waals surface area contributed by atoms with Gasteiger partial charge in [-0.25, -0.2) is 0 Å². The first-order chi connectivity index (χ1) is 11.1. The van der Waals surface area contributed by atoms with E-state index >= 15 is 0 Å². The lowest BCUT2D eigenvalue weighted by molar-refractivity contribution is -0.138. The molecule has 1 aliphatic heterocycles. The van der Waals surface area contributed by atoms with Gasteiger partial charge >= 0.3 is 6.18 Å². The SMILES string of the molecule is Cl.FC(F)(F)c1ccccc1CN1CCNCC1c1cccnc1. The first kappa shape index (κ1) is 18.7. The van der Waals surface area contributed by atoms with E-state index in [2.05, 4.69) is 15.2 Å². The Morgan fingerprint density at radius 1 is 1.17 bits per heavy atom. The standard InChI is InChI=1S/C17H18F3N3.ClH/c18-17(19,20)15-6-2-1-4-14(15)12-23-9-8-22-11-16(23)13-5-3-7-21-10-13;/h1-7,10,16,22H,8-9,11-12H2;1H. The molecule has 1 aromatic heterocycles. The third-order valence-corrected chi connectivity index (χ3v) is 4.12. The lowest BCUT2D eigenvalue weighted by atomic mass is 10.0. The summed E-state index contributed by atoms with van der Waals surface area (Å²) in [6, 6.07) is 9.65. The highest BCUT2D eigenvalue weighted by molar-refractivity contribution is 5.85. The van der Waals surface area contributed by atoms with Crippen LogP contribution in [0.15, 0.2) is 48.8 Å². The zero-order valence-corrected chi connectivity index (χ0v) is 13.8.